The van der Waals surface area contributed by atoms with Crippen LogP contribution in [0, 0.1) is 0 Å². The van der Waals surface area contributed by atoms with E-state index in [2.05, 4.69) is 58.9 Å². The van der Waals surface area contributed by atoms with E-state index >= 15 is 0 Å². The van der Waals surface area contributed by atoms with Gasteiger partial charge in [0.1, 0.15) is 0 Å². The Hall–Kier alpha value is -1.71. The van der Waals surface area contributed by atoms with E-state index in [-0.39, 0.29) is 0 Å². The van der Waals surface area contributed by atoms with E-state index in [4.69, 9.17) is 0 Å². The monoisotopic (exact) mass is 267 g/mol. The van der Waals surface area contributed by atoms with Crippen molar-refractivity contribution in [1.82, 2.24) is 15.6 Å². The zero-order valence-electron chi connectivity index (χ0n) is 11.8. The van der Waals surface area contributed by atoms with E-state index in [1.807, 2.05) is 12.4 Å². The molecule has 0 amide bonds. The molecule has 3 rings (SSSR count). The highest BCUT2D eigenvalue weighted by atomic mass is 15.0. The van der Waals surface area contributed by atoms with Gasteiger partial charge in [-0.1, -0.05) is 24.3 Å². The van der Waals surface area contributed by atoms with E-state index < -0.39 is 0 Å². The Balaban J connectivity index is 1.80. The van der Waals surface area contributed by atoms with Crippen LogP contribution in [0.2, 0.25) is 0 Å². The molecular formula is C17H21N3. The van der Waals surface area contributed by atoms with E-state index in [1.54, 1.807) is 0 Å². The summed E-state index contributed by atoms with van der Waals surface area (Å²) in [7, 11) is 0. The Labute approximate surface area is 120 Å². The van der Waals surface area contributed by atoms with Crippen LogP contribution in [0.5, 0.6) is 0 Å². The molecular weight excluding hydrogens is 246 g/mol. The van der Waals surface area contributed by atoms with E-state index in [0.717, 1.165) is 19.5 Å². The zero-order valence-corrected chi connectivity index (χ0v) is 11.8. The van der Waals surface area contributed by atoms with Crippen LogP contribution in [-0.2, 0) is 6.54 Å². The lowest BCUT2D eigenvalue weighted by atomic mass is 9.98. The normalized spacial score (nSPS) is 19.9. The molecule has 104 valence electrons. The van der Waals surface area contributed by atoms with Gasteiger partial charge in [-0.05, 0) is 48.7 Å². The third-order valence-electron chi connectivity index (χ3n) is 4.01. The van der Waals surface area contributed by atoms with Gasteiger partial charge < -0.3 is 10.6 Å². The van der Waals surface area contributed by atoms with Crippen molar-refractivity contribution in [2.75, 3.05) is 6.54 Å². The molecule has 1 aromatic carbocycles. The SMILES string of the molecule is C[C@H](NC1CCNCc2ccccc21)c1ccncc1. The molecule has 2 N–H and O–H groups in total. The fourth-order valence-corrected chi connectivity index (χ4v) is 2.88. The van der Waals surface area contributed by atoms with Crippen molar-refractivity contribution in [2.45, 2.75) is 32.0 Å². The third-order valence-corrected chi connectivity index (χ3v) is 4.01. The second-order valence-corrected chi connectivity index (χ2v) is 5.39. The van der Waals surface area contributed by atoms with Crippen LogP contribution in [-0.4, -0.2) is 11.5 Å². The lowest BCUT2D eigenvalue weighted by Gasteiger charge is -2.24. The first kappa shape index (κ1) is 13.3. The predicted molar refractivity (Wildman–Crippen MR) is 81.3 cm³/mol. The van der Waals surface area contributed by atoms with Gasteiger partial charge in [0.15, 0.2) is 0 Å². The number of aromatic nitrogens is 1. The van der Waals surface area contributed by atoms with E-state index in [1.165, 1.54) is 16.7 Å². The molecule has 3 nitrogen and oxygen atoms in total. The van der Waals surface area contributed by atoms with E-state index in [9.17, 15) is 0 Å². The number of fused-ring (bicyclic) bond motifs is 1. The molecule has 1 unspecified atom stereocenters. The van der Waals surface area contributed by atoms with Crippen LogP contribution in [0.25, 0.3) is 0 Å². The van der Waals surface area contributed by atoms with Crippen molar-refractivity contribution in [3.63, 3.8) is 0 Å². The van der Waals surface area contributed by atoms with Crippen LogP contribution >= 0.6 is 0 Å². The minimum absolute atomic E-state index is 0.328. The highest BCUT2D eigenvalue weighted by Crippen LogP contribution is 2.26. The molecule has 0 bridgehead atoms. The first-order valence-corrected chi connectivity index (χ1v) is 7.29. The highest BCUT2D eigenvalue weighted by Gasteiger charge is 2.19. The Morgan fingerprint density at radius 2 is 2.00 bits per heavy atom. The molecule has 20 heavy (non-hydrogen) atoms. The summed E-state index contributed by atoms with van der Waals surface area (Å²) in [5.41, 5.74) is 4.12. The standard InChI is InChI=1S/C17H21N3/c1-13(14-6-9-18-10-7-14)20-17-8-11-19-12-15-4-2-3-5-16(15)17/h2-7,9-10,13,17,19-20H,8,11-12H2,1H3/t13-,17?/m0/s1. The lowest BCUT2D eigenvalue weighted by molar-refractivity contribution is 0.443. The zero-order chi connectivity index (χ0) is 13.8. The maximum Gasteiger partial charge on any atom is 0.0340 e. The summed E-state index contributed by atoms with van der Waals surface area (Å²) >= 11 is 0. The lowest BCUT2D eigenvalue weighted by Crippen LogP contribution is -2.26. The predicted octanol–water partition coefficient (Wildman–Crippen LogP) is 2.97. The summed E-state index contributed by atoms with van der Waals surface area (Å²) in [5, 5.41) is 7.26. The molecule has 2 atom stereocenters. The number of pyridine rings is 1. The molecule has 1 aromatic heterocycles. The van der Waals surface area contributed by atoms with Gasteiger partial charge in [-0.3, -0.25) is 4.98 Å². The minimum atomic E-state index is 0.328. The van der Waals surface area contributed by atoms with Gasteiger partial charge in [0, 0.05) is 31.0 Å². The second-order valence-electron chi connectivity index (χ2n) is 5.39. The number of hydrogen-bond donors (Lipinski definition) is 2. The number of nitrogens with one attached hydrogen (secondary N) is 2. The molecule has 0 fully saturated rings. The van der Waals surface area contributed by atoms with Crippen molar-refractivity contribution in [3.05, 3.63) is 65.5 Å². The van der Waals surface area contributed by atoms with Crippen molar-refractivity contribution in [1.29, 1.82) is 0 Å². The van der Waals surface area contributed by atoms with Gasteiger partial charge in [-0.2, -0.15) is 0 Å². The van der Waals surface area contributed by atoms with Crippen molar-refractivity contribution in [2.24, 2.45) is 0 Å². The van der Waals surface area contributed by atoms with Crippen LogP contribution < -0.4 is 10.6 Å². The molecule has 1 aliphatic rings. The van der Waals surface area contributed by atoms with Crippen LogP contribution in [0.4, 0.5) is 0 Å². The Bertz CT molecular complexity index is 553. The number of nitrogens with zero attached hydrogens (tertiary/aromatic N) is 1. The molecule has 0 saturated carbocycles. The summed E-state index contributed by atoms with van der Waals surface area (Å²) in [6.45, 7) is 4.24. The van der Waals surface area contributed by atoms with Gasteiger partial charge in [-0.15, -0.1) is 0 Å². The molecule has 3 heteroatoms. The summed E-state index contributed by atoms with van der Waals surface area (Å²) in [6.07, 6.45) is 4.83. The number of benzene rings is 1. The van der Waals surface area contributed by atoms with E-state index in [0.29, 0.717) is 12.1 Å². The molecule has 0 saturated heterocycles. The smallest absolute Gasteiger partial charge is 0.0340 e. The average molecular weight is 267 g/mol. The Morgan fingerprint density at radius 1 is 1.20 bits per heavy atom. The highest BCUT2D eigenvalue weighted by molar-refractivity contribution is 5.31. The van der Waals surface area contributed by atoms with Crippen LogP contribution in [0.15, 0.2) is 48.8 Å². The third kappa shape index (κ3) is 2.89. The fraction of sp³-hybridized carbons (Fsp3) is 0.353. The quantitative estimate of drug-likeness (QED) is 0.897. The maximum absolute atomic E-state index is 4.09. The first-order valence-electron chi connectivity index (χ1n) is 7.29. The van der Waals surface area contributed by atoms with Gasteiger partial charge in [0.25, 0.3) is 0 Å². The van der Waals surface area contributed by atoms with Gasteiger partial charge in [0.2, 0.25) is 0 Å². The molecule has 0 spiro atoms. The topological polar surface area (TPSA) is 37.0 Å². The van der Waals surface area contributed by atoms with Gasteiger partial charge in [0.05, 0.1) is 0 Å². The second kappa shape index (κ2) is 6.16. The average Bonchev–Trinajstić information content (AvgIpc) is 2.71. The van der Waals surface area contributed by atoms with Crippen molar-refractivity contribution >= 4 is 0 Å². The van der Waals surface area contributed by atoms with Crippen molar-refractivity contribution in [3.8, 4) is 0 Å². The van der Waals surface area contributed by atoms with Gasteiger partial charge in [-0.25, -0.2) is 0 Å². The molecule has 0 radical (unpaired) electrons. The summed E-state index contributed by atoms with van der Waals surface area (Å²) in [4.78, 5) is 4.09. The summed E-state index contributed by atoms with van der Waals surface area (Å²) in [5.74, 6) is 0. The number of hydrogen-bond acceptors (Lipinski definition) is 3. The van der Waals surface area contributed by atoms with Crippen LogP contribution in [0.3, 0.4) is 0 Å². The fourth-order valence-electron chi connectivity index (χ4n) is 2.88. The Kier molecular flexibility index (Phi) is 4.09. The first-order chi connectivity index (χ1) is 9.84. The Morgan fingerprint density at radius 3 is 2.85 bits per heavy atom. The van der Waals surface area contributed by atoms with Crippen LogP contribution in [0.1, 0.15) is 42.1 Å². The van der Waals surface area contributed by atoms with Gasteiger partial charge >= 0.3 is 0 Å². The summed E-state index contributed by atoms with van der Waals surface area (Å²) < 4.78 is 0. The minimum Gasteiger partial charge on any atom is -0.313 e. The molecule has 2 heterocycles. The molecule has 0 aliphatic carbocycles. The largest absolute Gasteiger partial charge is 0.313 e. The number of rotatable bonds is 3. The summed E-state index contributed by atoms with van der Waals surface area (Å²) in [6, 6.07) is 13.6. The molecule has 1 aliphatic heterocycles. The van der Waals surface area contributed by atoms with Crippen molar-refractivity contribution < 1.29 is 0 Å². The maximum atomic E-state index is 4.09. The molecule has 2 aromatic rings.